The summed E-state index contributed by atoms with van der Waals surface area (Å²) >= 11 is 5.90. The average molecular weight is 274 g/mol. The van der Waals surface area contributed by atoms with Crippen LogP contribution in [0.25, 0.3) is 0 Å². The minimum absolute atomic E-state index is 0.390. The van der Waals surface area contributed by atoms with Crippen molar-refractivity contribution in [1.29, 1.82) is 0 Å². The van der Waals surface area contributed by atoms with E-state index in [0.717, 1.165) is 11.4 Å². The molecule has 0 radical (unpaired) electrons. The fraction of sp³-hybridized carbons (Fsp3) is 0.294. The van der Waals surface area contributed by atoms with E-state index in [0.29, 0.717) is 6.04 Å². The number of halogens is 1. The van der Waals surface area contributed by atoms with Gasteiger partial charge in [-0.1, -0.05) is 35.9 Å². The fourth-order valence-electron chi connectivity index (χ4n) is 2.20. The Morgan fingerprint density at radius 2 is 1.74 bits per heavy atom. The summed E-state index contributed by atoms with van der Waals surface area (Å²) in [6.07, 6.45) is 0.991. The summed E-state index contributed by atoms with van der Waals surface area (Å²) < 4.78 is 0. The molecule has 0 amide bonds. The first-order valence-corrected chi connectivity index (χ1v) is 7.01. The van der Waals surface area contributed by atoms with Crippen LogP contribution < -0.4 is 5.32 Å². The van der Waals surface area contributed by atoms with Crippen molar-refractivity contribution < 1.29 is 0 Å². The van der Waals surface area contributed by atoms with Crippen molar-refractivity contribution in [2.45, 2.75) is 33.2 Å². The summed E-state index contributed by atoms with van der Waals surface area (Å²) in [7, 11) is 0. The molecule has 0 spiro atoms. The zero-order chi connectivity index (χ0) is 13.8. The van der Waals surface area contributed by atoms with Gasteiger partial charge in [0.1, 0.15) is 0 Å². The molecule has 0 saturated heterocycles. The smallest absolute Gasteiger partial charge is 0.0406 e. The Labute approximate surface area is 120 Å². The number of hydrogen-bond acceptors (Lipinski definition) is 1. The van der Waals surface area contributed by atoms with Crippen LogP contribution in [0.15, 0.2) is 42.5 Å². The zero-order valence-electron chi connectivity index (χ0n) is 11.7. The van der Waals surface area contributed by atoms with Gasteiger partial charge in [-0.15, -0.1) is 0 Å². The molecule has 1 unspecified atom stereocenters. The molecule has 0 saturated carbocycles. The molecule has 2 aromatic carbocycles. The first kappa shape index (κ1) is 14.0. The van der Waals surface area contributed by atoms with Crippen LogP contribution >= 0.6 is 11.6 Å². The van der Waals surface area contributed by atoms with E-state index in [9.17, 15) is 0 Å². The molecule has 0 heterocycles. The van der Waals surface area contributed by atoms with E-state index in [2.05, 4.69) is 56.4 Å². The molecule has 0 aliphatic heterocycles. The third-order valence-electron chi connectivity index (χ3n) is 3.46. The van der Waals surface area contributed by atoms with Gasteiger partial charge in [-0.2, -0.15) is 0 Å². The van der Waals surface area contributed by atoms with E-state index >= 15 is 0 Å². The Bertz CT molecular complexity index is 546. The molecule has 0 fully saturated rings. The zero-order valence-corrected chi connectivity index (χ0v) is 12.5. The highest BCUT2D eigenvalue weighted by molar-refractivity contribution is 6.30. The summed E-state index contributed by atoms with van der Waals surface area (Å²) in [6, 6.07) is 14.8. The summed E-state index contributed by atoms with van der Waals surface area (Å²) in [5, 5.41) is 4.37. The molecule has 0 aromatic heterocycles. The molecule has 0 aliphatic carbocycles. The first-order valence-electron chi connectivity index (χ1n) is 6.63. The summed E-state index contributed by atoms with van der Waals surface area (Å²) in [4.78, 5) is 0. The average Bonchev–Trinajstić information content (AvgIpc) is 2.38. The van der Waals surface area contributed by atoms with Crippen LogP contribution in [0, 0.1) is 13.8 Å². The lowest BCUT2D eigenvalue weighted by atomic mass is 10.0. The van der Waals surface area contributed by atoms with E-state index < -0.39 is 0 Å². The Morgan fingerprint density at radius 1 is 1.05 bits per heavy atom. The molecule has 2 rings (SSSR count). The normalized spacial score (nSPS) is 12.2. The third-order valence-corrected chi connectivity index (χ3v) is 3.71. The van der Waals surface area contributed by atoms with Gasteiger partial charge in [-0.3, -0.25) is 0 Å². The minimum atomic E-state index is 0.390. The lowest BCUT2D eigenvalue weighted by Crippen LogP contribution is -2.18. The highest BCUT2D eigenvalue weighted by Gasteiger charge is 2.06. The molecular formula is C17H20ClN. The van der Waals surface area contributed by atoms with Gasteiger partial charge in [-0.05, 0) is 62.1 Å². The standard InChI is InChI=1S/C17H20ClN/c1-12-5-4-6-17(14(12)3)19-13(2)11-15-7-9-16(18)10-8-15/h4-10,13,19H,11H2,1-3H3. The molecule has 0 bridgehead atoms. The maximum absolute atomic E-state index is 5.90. The Hall–Kier alpha value is -1.47. The molecule has 0 aliphatic rings. The quantitative estimate of drug-likeness (QED) is 0.827. The van der Waals surface area contributed by atoms with Gasteiger partial charge in [0, 0.05) is 16.8 Å². The SMILES string of the molecule is Cc1cccc(NC(C)Cc2ccc(Cl)cc2)c1C. The summed E-state index contributed by atoms with van der Waals surface area (Å²) in [5.41, 5.74) is 5.17. The highest BCUT2D eigenvalue weighted by Crippen LogP contribution is 2.20. The molecule has 2 heteroatoms. The predicted molar refractivity (Wildman–Crippen MR) is 84.2 cm³/mol. The second kappa shape index (κ2) is 6.12. The number of aryl methyl sites for hydroxylation is 1. The van der Waals surface area contributed by atoms with E-state index in [4.69, 9.17) is 11.6 Å². The van der Waals surface area contributed by atoms with Crippen molar-refractivity contribution in [3.63, 3.8) is 0 Å². The maximum atomic E-state index is 5.90. The van der Waals surface area contributed by atoms with Crippen LogP contribution in [0.1, 0.15) is 23.6 Å². The van der Waals surface area contributed by atoms with Crippen molar-refractivity contribution in [1.82, 2.24) is 0 Å². The first-order chi connectivity index (χ1) is 9.06. The molecule has 1 N–H and O–H groups in total. The molecule has 1 nitrogen and oxygen atoms in total. The third kappa shape index (κ3) is 3.74. The topological polar surface area (TPSA) is 12.0 Å². The van der Waals surface area contributed by atoms with Gasteiger partial charge >= 0.3 is 0 Å². The fourth-order valence-corrected chi connectivity index (χ4v) is 2.32. The van der Waals surface area contributed by atoms with Crippen molar-refractivity contribution in [2.24, 2.45) is 0 Å². The highest BCUT2D eigenvalue weighted by atomic mass is 35.5. The summed E-state index contributed by atoms with van der Waals surface area (Å²) in [6.45, 7) is 6.51. The number of anilines is 1. The van der Waals surface area contributed by atoms with E-state index in [1.165, 1.54) is 22.4 Å². The van der Waals surface area contributed by atoms with Crippen LogP contribution in [-0.4, -0.2) is 6.04 Å². The van der Waals surface area contributed by atoms with Crippen molar-refractivity contribution in [2.75, 3.05) is 5.32 Å². The minimum Gasteiger partial charge on any atom is -0.382 e. The Morgan fingerprint density at radius 3 is 2.42 bits per heavy atom. The predicted octanol–water partition coefficient (Wildman–Crippen LogP) is 5.00. The largest absolute Gasteiger partial charge is 0.382 e. The van der Waals surface area contributed by atoms with Crippen LogP contribution in [0.5, 0.6) is 0 Å². The number of nitrogens with one attached hydrogen (secondary N) is 1. The van der Waals surface area contributed by atoms with Gasteiger partial charge in [0.05, 0.1) is 0 Å². The van der Waals surface area contributed by atoms with Crippen LogP contribution in [0.3, 0.4) is 0 Å². The van der Waals surface area contributed by atoms with Gasteiger partial charge in [0.15, 0.2) is 0 Å². The van der Waals surface area contributed by atoms with Gasteiger partial charge in [0.25, 0.3) is 0 Å². The van der Waals surface area contributed by atoms with Gasteiger partial charge in [0.2, 0.25) is 0 Å². The van der Waals surface area contributed by atoms with Crippen LogP contribution in [-0.2, 0) is 6.42 Å². The lowest BCUT2D eigenvalue weighted by molar-refractivity contribution is 0.789. The number of hydrogen-bond donors (Lipinski definition) is 1. The maximum Gasteiger partial charge on any atom is 0.0406 e. The number of benzene rings is 2. The molecule has 19 heavy (non-hydrogen) atoms. The molecule has 100 valence electrons. The Balaban J connectivity index is 2.03. The van der Waals surface area contributed by atoms with E-state index in [1.54, 1.807) is 0 Å². The molecule has 1 atom stereocenters. The Kier molecular flexibility index (Phi) is 4.49. The van der Waals surface area contributed by atoms with Gasteiger partial charge in [-0.25, -0.2) is 0 Å². The second-order valence-electron chi connectivity index (χ2n) is 5.12. The van der Waals surface area contributed by atoms with Crippen LogP contribution in [0.2, 0.25) is 5.02 Å². The molecule has 2 aromatic rings. The van der Waals surface area contributed by atoms with Crippen LogP contribution in [0.4, 0.5) is 5.69 Å². The van der Waals surface area contributed by atoms with Crippen molar-refractivity contribution >= 4 is 17.3 Å². The number of rotatable bonds is 4. The second-order valence-corrected chi connectivity index (χ2v) is 5.56. The van der Waals surface area contributed by atoms with Crippen molar-refractivity contribution in [3.05, 3.63) is 64.2 Å². The monoisotopic (exact) mass is 273 g/mol. The van der Waals surface area contributed by atoms with E-state index in [1.807, 2.05) is 12.1 Å². The lowest BCUT2D eigenvalue weighted by Gasteiger charge is -2.18. The van der Waals surface area contributed by atoms with E-state index in [-0.39, 0.29) is 0 Å². The molecular weight excluding hydrogens is 254 g/mol. The van der Waals surface area contributed by atoms with Gasteiger partial charge < -0.3 is 5.32 Å². The van der Waals surface area contributed by atoms with Crippen molar-refractivity contribution in [3.8, 4) is 0 Å². The summed E-state index contributed by atoms with van der Waals surface area (Å²) in [5.74, 6) is 0.